The van der Waals surface area contributed by atoms with Gasteiger partial charge in [0.1, 0.15) is 0 Å². The fraction of sp³-hybridized carbons (Fsp3) is 0. The summed E-state index contributed by atoms with van der Waals surface area (Å²) in [6.45, 7) is 0. The van der Waals surface area contributed by atoms with Gasteiger partial charge in [0.2, 0.25) is 0 Å². The summed E-state index contributed by atoms with van der Waals surface area (Å²) < 4.78 is 18.2. The predicted octanol–water partition coefficient (Wildman–Crippen LogP) is -4.75. The Labute approximate surface area is 68.9 Å². The summed E-state index contributed by atoms with van der Waals surface area (Å²) in [5, 5.41) is 1.25. The van der Waals surface area contributed by atoms with Gasteiger partial charge in [0, 0.05) is 5.15 Å². The molecule has 0 fully saturated rings. The number of hydrogen-bond acceptors (Lipinski definition) is 5. The van der Waals surface area contributed by atoms with Crippen LogP contribution in [0.5, 0.6) is 0 Å². The summed E-state index contributed by atoms with van der Waals surface area (Å²) in [4.78, 5) is 34.3. The van der Waals surface area contributed by atoms with Crippen molar-refractivity contribution in [3.63, 3.8) is 0 Å². The van der Waals surface area contributed by atoms with E-state index in [1.165, 1.54) is 5.15 Å². The van der Waals surface area contributed by atoms with Crippen molar-refractivity contribution in [2.45, 2.75) is 0 Å². The Kier molecular flexibility index (Phi) is 16.0. The third kappa shape index (κ3) is 693. The molecule has 0 aromatic heterocycles. The second-order valence-electron chi connectivity index (χ2n) is 0.558. The van der Waals surface area contributed by atoms with E-state index in [0.717, 1.165) is 0 Å². The zero-order valence-electron chi connectivity index (χ0n) is 3.74. The maximum atomic E-state index is 9.12. The summed E-state index contributed by atoms with van der Waals surface area (Å²) in [5.41, 5.74) is 0. The molecule has 0 aliphatic heterocycles. The zero-order chi connectivity index (χ0) is 7.21. The second kappa shape index (κ2) is 8.76. The van der Waals surface area contributed by atoms with E-state index in [-0.39, 0.29) is 26.2 Å². The number of rotatable bonds is 0. The van der Waals surface area contributed by atoms with E-state index in [2.05, 4.69) is 0 Å². The van der Waals surface area contributed by atoms with Gasteiger partial charge in [0.15, 0.2) is 0 Å². The topological polar surface area (TPSA) is 101 Å². The smallest absolute Gasteiger partial charge is 0.894 e. The van der Waals surface area contributed by atoms with Crippen LogP contribution in [0.1, 0.15) is 0 Å². The van der Waals surface area contributed by atoms with Crippen molar-refractivity contribution in [3.05, 3.63) is 0 Å². The first kappa shape index (κ1) is 16.4. The van der Waals surface area contributed by atoms with Crippen molar-refractivity contribution in [2.24, 2.45) is 0 Å². The molecule has 0 bridgehead atoms. The molecule has 0 aromatic rings. The fourth-order valence-corrected chi connectivity index (χ4v) is 0. The molecule has 1 radical (unpaired) electrons. The van der Waals surface area contributed by atoms with Crippen LogP contribution >= 0.6 is 0 Å². The van der Waals surface area contributed by atoms with Crippen LogP contribution in [0.2, 0.25) is 0 Å². The summed E-state index contributed by atoms with van der Waals surface area (Å²) in [6.07, 6.45) is 0. The van der Waals surface area contributed by atoms with E-state index in [0.29, 0.717) is 0 Å². The van der Waals surface area contributed by atoms with Crippen molar-refractivity contribution in [3.8, 4) is 0 Å². The van der Waals surface area contributed by atoms with E-state index < -0.39 is 9.05 Å². The Bertz CT molecular complexity index is 38.7. The zero-order valence-corrected chi connectivity index (χ0v) is 8.22. The van der Waals surface area contributed by atoms with E-state index in [1.54, 1.807) is 0 Å². The minimum atomic E-state index is -5.61. The van der Waals surface area contributed by atoms with Crippen molar-refractivity contribution < 1.29 is 33.4 Å². The SMILES string of the molecule is FOF.[Bi+4].[O-][Si]([O-])([O-])[O-]. The molecule has 0 rings (SSSR count). The molecule has 0 heterocycles. The van der Waals surface area contributed by atoms with Gasteiger partial charge < -0.3 is 28.2 Å². The average molecular weight is 355 g/mol. The van der Waals surface area contributed by atoms with E-state index >= 15 is 0 Å². The largest absolute Gasteiger partial charge is 4.00 e. The molecule has 0 amide bonds. The van der Waals surface area contributed by atoms with E-state index in [4.69, 9.17) is 28.2 Å². The molecule has 0 saturated carbocycles. The monoisotopic (exact) mass is 355 g/mol. The molecule has 0 aromatic carbocycles. The van der Waals surface area contributed by atoms with E-state index in [1.807, 2.05) is 0 Å². The van der Waals surface area contributed by atoms with Crippen molar-refractivity contribution in [2.75, 3.05) is 0 Å². The molecule has 5 nitrogen and oxygen atoms in total. The first-order valence-corrected chi connectivity index (χ1v) is 2.76. The maximum absolute atomic E-state index is 9.12. The molecule has 9 heavy (non-hydrogen) atoms. The van der Waals surface area contributed by atoms with Gasteiger partial charge in [0.05, 0.1) is 0 Å². The Hall–Kier alpha value is 0.760. The van der Waals surface area contributed by atoms with Crippen LogP contribution in [0.4, 0.5) is 9.05 Å². The minimum absolute atomic E-state index is 0. The van der Waals surface area contributed by atoms with Gasteiger partial charge >= 0.3 is 26.2 Å². The second-order valence-corrected chi connectivity index (χ2v) is 1.56. The van der Waals surface area contributed by atoms with Crippen molar-refractivity contribution >= 4 is 35.3 Å². The third-order valence-corrected chi connectivity index (χ3v) is 0. The molecule has 0 unspecified atom stereocenters. The van der Waals surface area contributed by atoms with E-state index in [9.17, 15) is 0 Å². The van der Waals surface area contributed by atoms with Crippen LogP contribution in [-0.2, 0) is 5.15 Å². The molecule has 9 heteroatoms. The van der Waals surface area contributed by atoms with Crippen LogP contribution in [0.25, 0.3) is 0 Å². The van der Waals surface area contributed by atoms with Crippen molar-refractivity contribution in [1.82, 2.24) is 0 Å². The molecule has 0 aliphatic carbocycles. The predicted molar refractivity (Wildman–Crippen MR) is 14.8 cm³/mol. The van der Waals surface area contributed by atoms with Gasteiger partial charge in [-0.1, -0.05) is 0 Å². The molecule has 0 saturated heterocycles. The summed E-state index contributed by atoms with van der Waals surface area (Å²) in [5.74, 6) is 0. The average Bonchev–Trinajstić information content (AvgIpc) is 1.27. The Morgan fingerprint density at radius 1 is 1.00 bits per heavy atom. The summed E-state index contributed by atoms with van der Waals surface area (Å²) in [7, 11) is -5.61. The number of halogens is 2. The molecular weight excluding hydrogens is 355 g/mol. The minimum Gasteiger partial charge on any atom is -0.894 e. The third-order valence-electron chi connectivity index (χ3n) is 0. The Morgan fingerprint density at radius 2 is 1.00 bits per heavy atom. The molecule has 0 spiro atoms. The first-order chi connectivity index (χ1) is 3.41. The number of hydrogen-bond donors (Lipinski definition) is 0. The van der Waals surface area contributed by atoms with Gasteiger partial charge in [0.25, 0.3) is 0 Å². The van der Waals surface area contributed by atoms with Crippen LogP contribution in [0.3, 0.4) is 0 Å². The van der Waals surface area contributed by atoms with Crippen LogP contribution in [0.15, 0.2) is 0 Å². The van der Waals surface area contributed by atoms with Gasteiger partial charge in [-0.15, -0.1) is 0 Å². The normalized spacial score (nSPS) is 8.67. The van der Waals surface area contributed by atoms with Gasteiger partial charge in [-0.25, -0.2) is 0 Å². The Morgan fingerprint density at radius 3 is 1.00 bits per heavy atom. The molecule has 53 valence electrons. The van der Waals surface area contributed by atoms with Crippen LogP contribution < -0.4 is 19.2 Å². The molecule has 0 aliphatic rings. The quantitative estimate of drug-likeness (QED) is 0.406. The molecule has 0 atom stereocenters. The molecular formula is BiF2O5Si. The molecule has 0 N–H and O–H groups in total. The van der Waals surface area contributed by atoms with Crippen LogP contribution in [-0.4, -0.2) is 35.3 Å². The first-order valence-electron chi connectivity index (χ1n) is 1.13. The summed E-state index contributed by atoms with van der Waals surface area (Å²) in [6, 6.07) is 0. The van der Waals surface area contributed by atoms with Gasteiger partial charge in [-0.05, 0) is 9.05 Å². The van der Waals surface area contributed by atoms with Gasteiger partial charge in [-0.3, -0.25) is 0 Å². The summed E-state index contributed by atoms with van der Waals surface area (Å²) >= 11 is 0. The maximum Gasteiger partial charge on any atom is 4.00 e. The van der Waals surface area contributed by atoms with Crippen LogP contribution in [0, 0.1) is 0 Å². The standard InChI is InChI=1S/Bi.F2O.O4Si/c;1-3-2;1-5(2,3)4/q+4;;-4. The fourth-order valence-electron chi connectivity index (χ4n) is 0. The van der Waals surface area contributed by atoms with Crippen molar-refractivity contribution in [1.29, 1.82) is 0 Å². The Balaban J connectivity index is -0.0000000800. The van der Waals surface area contributed by atoms with Gasteiger partial charge in [-0.2, -0.15) is 0 Å².